The van der Waals surface area contributed by atoms with E-state index in [0.29, 0.717) is 0 Å². The predicted octanol–water partition coefficient (Wildman–Crippen LogP) is 7.97. The van der Waals surface area contributed by atoms with E-state index >= 15 is 0 Å². The fraction of sp³-hybridized carbons (Fsp3) is 0.594. The van der Waals surface area contributed by atoms with Gasteiger partial charge in [0.05, 0.1) is 0 Å². The molecule has 0 amide bonds. The van der Waals surface area contributed by atoms with Crippen LogP contribution >= 0.6 is 0 Å². The molecule has 4 atom stereocenters. The van der Waals surface area contributed by atoms with E-state index in [9.17, 15) is 0 Å². The Kier molecular flexibility index (Phi) is 4.73. The number of hydrogen-bond donors (Lipinski definition) is 0. The third kappa shape index (κ3) is 3.10. The van der Waals surface area contributed by atoms with Crippen LogP contribution in [0.2, 0.25) is 0 Å². The number of rotatable bonds is 1. The molecule has 1 aliphatic heterocycles. The first kappa shape index (κ1) is 21.7. The Hall–Kier alpha value is -1.31. The summed E-state index contributed by atoms with van der Waals surface area (Å²) in [6.07, 6.45) is 14.5. The van der Waals surface area contributed by atoms with Crippen LogP contribution in [0, 0.1) is 36.4 Å². The van der Waals surface area contributed by atoms with Gasteiger partial charge in [-0.25, -0.2) is 0 Å². The third-order valence-electron chi connectivity index (χ3n) is 11.4. The van der Waals surface area contributed by atoms with Crippen LogP contribution in [0.3, 0.4) is 0 Å². The van der Waals surface area contributed by atoms with Crippen molar-refractivity contribution in [2.45, 2.75) is 87.9 Å². The van der Waals surface area contributed by atoms with Gasteiger partial charge in [0.2, 0.25) is 0 Å². The molecule has 1 heterocycles. The second-order valence-electron chi connectivity index (χ2n) is 13.4. The summed E-state index contributed by atoms with van der Waals surface area (Å²) < 4.78 is 0. The fourth-order valence-corrected chi connectivity index (χ4v) is 10.4. The van der Waals surface area contributed by atoms with Gasteiger partial charge in [0.1, 0.15) is 0 Å². The van der Waals surface area contributed by atoms with Crippen LogP contribution in [0.4, 0.5) is 17.1 Å². The van der Waals surface area contributed by atoms with Crippen molar-refractivity contribution in [3.8, 4) is 0 Å². The van der Waals surface area contributed by atoms with E-state index in [2.05, 4.69) is 53.8 Å². The molecule has 3 heteroatoms. The first-order chi connectivity index (χ1) is 16.7. The van der Waals surface area contributed by atoms with Crippen molar-refractivity contribution in [1.29, 1.82) is 0 Å². The normalized spacial score (nSPS) is 39.1. The fourth-order valence-electron chi connectivity index (χ4n) is 10.4. The van der Waals surface area contributed by atoms with Crippen LogP contribution in [0.25, 0.3) is 0 Å². The zero-order valence-corrected chi connectivity index (χ0v) is 23.2. The van der Waals surface area contributed by atoms with Crippen molar-refractivity contribution in [3.63, 3.8) is 0 Å². The molecule has 11 rings (SSSR count). The average molecular weight is 641 g/mol. The van der Waals surface area contributed by atoms with E-state index in [1.165, 1.54) is 81.3 Å². The Morgan fingerprint density at radius 2 is 1.09 bits per heavy atom. The van der Waals surface area contributed by atoms with Crippen LogP contribution in [0.1, 0.15) is 110 Å². The molecule has 0 aromatic heterocycles. The second-order valence-corrected chi connectivity index (χ2v) is 13.4. The minimum absolute atomic E-state index is 0. The van der Waals surface area contributed by atoms with E-state index in [1.807, 2.05) is 0 Å². The Labute approximate surface area is 224 Å². The molecule has 2 aromatic rings. The van der Waals surface area contributed by atoms with Gasteiger partial charge in [-0.05, 0) is 123 Å². The molecule has 2 nitrogen and oxygen atoms in total. The molecule has 35 heavy (non-hydrogen) atoms. The first-order valence-corrected chi connectivity index (χ1v) is 14.3. The maximum absolute atomic E-state index is 3.79. The number of fused-ring (bicyclic) bond motifs is 1. The van der Waals surface area contributed by atoms with Crippen LogP contribution in [-0.2, 0) is 20.1 Å². The molecule has 8 aliphatic carbocycles. The van der Waals surface area contributed by atoms with Crippen LogP contribution in [-0.4, -0.2) is 7.05 Å². The Balaban J connectivity index is 0.00000196. The smallest absolute Gasteiger partial charge is 0.0329 e. The molecule has 4 unspecified atom stereocenters. The van der Waals surface area contributed by atoms with Gasteiger partial charge in [0.15, 0.2) is 0 Å². The van der Waals surface area contributed by atoms with Crippen LogP contribution < -0.4 is 9.80 Å². The second kappa shape index (κ2) is 7.61. The van der Waals surface area contributed by atoms with Crippen LogP contribution in [0.5, 0.6) is 0 Å². The van der Waals surface area contributed by atoms with Gasteiger partial charge in [0, 0.05) is 31.5 Å². The molecule has 1 radical (unpaired) electrons. The zero-order valence-electron chi connectivity index (χ0n) is 20.8. The first-order valence-electron chi connectivity index (χ1n) is 14.3. The molecule has 4 saturated carbocycles. The van der Waals surface area contributed by atoms with Crippen molar-refractivity contribution in [1.82, 2.24) is 0 Å². The summed E-state index contributed by atoms with van der Waals surface area (Å²) in [6.45, 7) is 2.33. The maximum atomic E-state index is 3.79. The van der Waals surface area contributed by atoms with Gasteiger partial charge in [-0.15, -0.1) is 22.9 Å². The van der Waals surface area contributed by atoms with E-state index in [-0.39, 0.29) is 20.1 Å². The van der Waals surface area contributed by atoms with E-state index in [0.717, 1.165) is 47.3 Å². The average Bonchev–Trinajstić information content (AvgIpc) is 2.94. The standard InChI is InChI=1S/C32H36N2.Ir/c1-33-17-34(26-2-3-27-22-6-18-4-19(7-22)9-23(8-18)28(27)14-26)32-16-30-25-12-20-5-21(13-25)11-24(10-20)29(30)15-31(32)33;/h3,14-25H,4-13H2,1H3;/q-2;. The summed E-state index contributed by atoms with van der Waals surface area (Å²) in [5.41, 5.74) is 10.8. The largest absolute Gasteiger partial charge is 0.504 e. The molecule has 0 spiro atoms. The number of nitrogens with zero attached hydrogens (tertiary/aromatic N) is 2. The predicted molar refractivity (Wildman–Crippen MR) is 138 cm³/mol. The SMILES string of the molecule is CN1[CH-]N(c2[c-]cc3c(c2)C2CC4CC(CC3C4)C2)c2cc3c(cc21)C1CC2CC(C1)CC3C2.[Ir]. The number of hydrogen-bond acceptors (Lipinski definition) is 2. The summed E-state index contributed by atoms with van der Waals surface area (Å²) >= 11 is 0. The summed E-state index contributed by atoms with van der Waals surface area (Å²) in [6, 6.07) is 14.0. The molecule has 0 N–H and O–H groups in total. The molecule has 185 valence electrons. The van der Waals surface area contributed by atoms with Gasteiger partial charge in [-0.3, -0.25) is 0 Å². The number of benzene rings is 2. The topological polar surface area (TPSA) is 6.48 Å². The van der Waals surface area contributed by atoms with Crippen LogP contribution in [0.15, 0.2) is 24.3 Å². The van der Waals surface area contributed by atoms with Gasteiger partial charge in [-0.2, -0.15) is 18.8 Å². The van der Waals surface area contributed by atoms with Crippen molar-refractivity contribution in [3.05, 3.63) is 59.3 Å². The number of anilines is 3. The monoisotopic (exact) mass is 641 g/mol. The molecule has 0 saturated heterocycles. The van der Waals surface area contributed by atoms with Gasteiger partial charge in [0.25, 0.3) is 0 Å². The third-order valence-corrected chi connectivity index (χ3v) is 11.4. The van der Waals surface area contributed by atoms with Gasteiger partial charge < -0.3 is 9.80 Å². The molecular formula is C32H36IrN2-2. The summed E-state index contributed by atoms with van der Waals surface area (Å²) in [7, 11) is 2.25. The van der Waals surface area contributed by atoms with Crippen molar-refractivity contribution >= 4 is 17.1 Å². The minimum Gasteiger partial charge on any atom is -0.504 e. The Morgan fingerprint density at radius 3 is 1.63 bits per heavy atom. The van der Waals surface area contributed by atoms with Crippen molar-refractivity contribution in [2.75, 3.05) is 16.8 Å². The van der Waals surface area contributed by atoms with E-state index in [1.54, 1.807) is 22.3 Å². The van der Waals surface area contributed by atoms with Gasteiger partial charge in [-0.1, -0.05) is 18.8 Å². The van der Waals surface area contributed by atoms with Gasteiger partial charge >= 0.3 is 0 Å². The molecule has 2 aromatic carbocycles. The van der Waals surface area contributed by atoms with Crippen molar-refractivity contribution in [2.24, 2.45) is 23.7 Å². The molecule has 4 fully saturated rings. The Bertz CT molecular complexity index is 1180. The van der Waals surface area contributed by atoms with E-state index in [4.69, 9.17) is 0 Å². The molecular weight excluding hydrogens is 605 g/mol. The van der Waals surface area contributed by atoms with Crippen molar-refractivity contribution < 1.29 is 20.1 Å². The maximum Gasteiger partial charge on any atom is 0.0329 e. The summed E-state index contributed by atoms with van der Waals surface area (Å²) in [4.78, 5) is 4.85. The summed E-state index contributed by atoms with van der Waals surface area (Å²) in [5.74, 6) is 7.11. The molecule has 9 aliphatic rings. The van der Waals surface area contributed by atoms with E-state index < -0.39 is 0 Å². The summed E-state index contributed by atoms with van der Waals surface area (Å²) in [5, 5.41) is 0. The quantitative estimate of drug-likeness (QED) is 0.292. The minimum atomic E-state index is 0. The zero-order chi connectivity index (χ0) is 22.1. The Morgan fingerprint density at radius 1 is 0.629 bits per heavy atom. The molecule has 8 bridgehead atoms.